The fourth-order valence-corrected chi connectivity index (χ4v) is 7.56. The molecule has 8 heteroatoms. The van der Waals surface area contributed by atoms with E-state index in [1.807, 2.05) is 4.72 Å². The number of carbonyl (C=O) groups excluding carboxylic acids is 1. The molecule has 0 radical (unpaired) electrons. The molecule has 5 saturated carbocycles. The van der Waals surface area contributed by atoms with Crippen LogP contribution in [0.4, 0.5) is 4.39 Å². The zero-order chi connectivity index (χ0) is 22.7. The van der Waals surface area contributed by atoms with Crippen molar-refractivity contribution in [3.05, 3.63) is 29.1 Å². The van der Waals surface area contributed by atoms with Gasteiger partial charge in [-0.2, -0.15) is 0 Å². The number of nitrogens with one attached hydrogen (secondary N) is 1. The molecule has 1 amide bonds. The molecule has 5 aliphatic rings. The highest BCUT2D eigenvalue weighted by Crippen LogP contribution is 2.60. The maximum absolute atomic E-state index is 14.9. The van der Waals surface area contributed by atoms with Crippen LogP contribution in [0.15, 0.2) is 12.1 Å². The predicted molar refractivity (Wildman–Crippen MR) is 118 cm³/mol. The Morgan fingerprint density at radius 1 is 1.12 bits per heavy atom. The van der Waals surface area contributed by atoms with E-state index in [1.54, 1.807) is 7.11 Å². The summed E-state index contributed by atoms with van der Waals surface area (Å²) in [5.41, 5.74) is 0.692. The molecule has 1 aromatic carbocycles. The number of sulfonamides is 1. The zero-order valence-corrected chi connectivity index (χ0v) is 19.5. The highest BCUT2D eigenvalue weighted by atomic mass is 32.2. The summed E-state index contributed by atoms with van der Waals surface area (Å²) >= 11 is 0. The van der Waals surface area contributed by atoms with Crippen LogP contribution in [0.2, 0.25) is 0 Å². The summed E-state index contributed by atoms with van der Waals surface area (Å²) in [6, 6.07) is 2.75. The fraction of sp³-hybridized carbons (Fsp3) is 0.708. The number of carbonyl (C=O) groups is 1. The highest BCUT2D eigenvalue weighted by Gasteiger charge is 2.51. The first-order valence-electron chi connectivity index (χ1n) is 11.6. The number of hydrogen-bond donors (Lipinski definition) is 1. The third-order valence-corrected chi connectivity index (χ3v) is 8.58. The molecule has 0 unspecified atom stereocenters. The molecule has 5 aliphatic carbocycles. The third kappa shape index (κ3) is 4.40. The largest absolute Gasteiger partial charge is 0.493 e. The maximum atomic E-state index is 14.9. The molecule has 0 heterocycles. The lowest BCUT2D eigenvalue weighted by Crippen LogP contribution is -2.48. The van der Waals surface area contributed by atoms with E-state index in [9.17, 15) is 17.6 Å². The third-order valence-electron chi connectivity index (χ3n) is 8.02. The van der Waals surface area contributed by atoms with Gasteiger partial charge in [-0.1, -0.05) is 0 Å². The van der Waals surface area contributed by atoms with Crippen LogP contribution in [-0.4, -0.2) is 40.9 Å². The Balaban J connectivity index is 1.40. The minimum absolute atomic E-state index is 0.117. The lowest BCUT2D eigenvalue weighted by molar-refractivity contribution is -0.0747. The van der Waals surface area contributed by atoms with Gasteiger partial charge in [0.1, 0.15) is 11.6 Å². The Labute approximate surface area is 189 Å². The minimum atomic E-state index is -3.79. The van der Waals surface area contributed by atoms with Crippen LogP contribution in [0.1, 0.15) is 66.8 Å². The first kappa shape index (κ1) is 22.1. The first-order chi connectivity index (χ1) is 15.1. The van der Waals surface area contributed by atoms with Gasteiger partial charge in [0.2, 0.25) is 10.0 Å². The van der Waals surface area contributed by atoms with Gasteiger partial charge < -0.3 is 9.47 Å². The Hall–Kier alpha value is -1.67. The van der Waals surface area contributed by atoms with E-state index in [0.29, 0.717) is 19.0 Å². The van der Waals surface area contributed by atoms with Crippen LogP contribution in [0, 0.1) is 34.9 Å². The van der Waals surface area contributed by atoms with Gasteiger partial charge in [0.25, 0.3) is 5.91 Å². The molecule has 5 fully saturated rings. The smallest absolute Gasteiger partial charge is 0.267 e. The average molecular weight is 466 g/mol. The van der Waals surface area contributed by atoms with Gasteiger partial charge in [0, 0.05) is 25.2 Å². The summed E-state index contributed by atoms with van der Waals surface area (Å²) in [5.74, 6) is 1.58. The van der Waals surface area contributed by atoms with Crippen LogP contribution in [0.25, 0.3) is 0 Å². The number of methoxy groups -OCH3 is 1. The molecule has 1 aromatic rings. The van der Waals surface area contributed by atoms with Crippen LogP contribution < -0.4 is 9.46 Å². The summed E-state index contributed by atoms with van der Waals surface area (Å²) in [4.78, 5) is 12.4. The van der Waals surface area contributed by atoms with E-state index in [1.165, 1.54) is 50.7 Å². The SMILES string of the molecule is COC[C@H]1C[C@@H]1c1cc(C(=O)NS(C)(=O)=O)c(F)cc1OCC12CC3CC(CC(C3)C1)C2. The molecular weight excluding hydrogens is 433 g/mol. The molecule has 0 aromatic heterocycles. The lowest BCUT2D eigenvalue weighted by Gasteiger charge is -2.56. The average Bonchev–Trinajstić information content (AvgIpc) is 3.43. The van der Waals surface area contributed by atoms with Crippen LogP contribution >= 0.6 is 0 Å². The molecule has 32 heavy (non-hydrogen) atoms. The lowest BCUT2D eigenvalue weighted by atomic mass is 9.50. The molecule has 1 N–H and O–H groups in total. The number of rotatable bonds is 8. The molecule has 0 saturated heterocycles. The van der Waals surface area contributed by atoms with Crippen LogP contribution in [0.5, 0.6) is 5.75 Å². The zero-order valence-electron chi connectivity index (χ0n) is 18.7. The molecule has 0 spiro atoms. The van der Waals surface area contributed by atoms with E-state index in [2.05, 4.69) is 0 Å². The van der Waals surface area contributed by atoms with Crippen molar-refractivity contribution in [2.24, 2.45) is 29.1 Å². The molecule has 2 atom stereocenters. The Morgan fingerprint density at radius 3 is 2.31 bits per heavy atom. The molecule has 176 valence electrons. The maximum Gasteiger partial charge on any atom is 0.267 e. The molecule has 4 bridgehead atoms. The van der Waals surface area contributed by atoms with Crippen molar-refractivity contribution in [2.45, 2.75) is 50.9 Å². The van der Waals surface area contributed by atoms with E-state index >= 15 is 0 Å². The van der Waals surface area contributed by atoms with Crippen molar-refractivity contribution in [3.63, 3.8) is 0 Å². The standard InChI is InChI=1S/C24H32FNO5S/c1-30-12-17-6-18(17)19-7-20(23(27)26-32(2,28)29)21(25)8-22(19)31-13-24-9-14-3-15(10-24)5-16(4-14)11-24/h7-8,14-18H,3-6,9-13H2,1-2H3,(H,26,27)/t14?,15?,16?,17-,18+,24?/m1/s1. The second kappa shape index (κ2) is 7.97. The van der Waals surface area contributed by atoms with Crippen LogP contribution in [0.3, 0.4) is 0 Å². The van der Waals surface area contributed by atoms with E-state index in [-0.39, 0.29) is 22.8 Å². The number of ether oxygens (including phenoxy) is 2. The number of benzene rings is 1. The Kier molecular flexibility index (Phi) is 5.52. The summed E-state index contributed by atoms with van der Waals surface area (Å²) in [5, 5.41) is 0. The second-order valence-corrected chi connectivity index (χ2v) is 12.6. The van der Waals surface area contributed by atoms with Crippen molar-refractivity contribution in [3.8, 4) is 5.75 Å². The van der Waals surface area contributed by atoms with Crippen molar-refractivity contribution in [2.75, 3.05) is 26.6 Å². The minimum Gasteiger partial charge on any atom is -0.493 e. The summed E-state index contributed by atoms with van der Waals surface area (Å²) < 4.78 is 51.3. The van der Waals surface area contributed by atoms with Gasteiger partial charge in [-0.3, -0.25) is 4.79 Å². The molecule has 6 rings (SSSR count). The van der Waals surface area contributed by atoms with Gasteiger partial charge in [-0.05, 0) is 86.2 Å². The summed E-state index contributed by atoms with van der Waals surface area (Å²) in [6.07, 6.45) is 9.39. The fourth-order valence-electron chi connectivity index (χ4n) is 7.11. The summed E-state index contributed by atoms with van der Waals surface area (Å²) in [7, 11) is -2.14. The number of halogens is 1. The Morgan fingerprint density at radius 2 is 1.75 bits per heavy atom. The topological polar surface area (TPSA) is 81.7 Å². The van der Waals surface area contributed by atoms with E-state index in [4.69, 9.17) is 9.47 Å². The molecule has 6 nitrogen and oxygen atoms in total. The van der Waals surface area contributed by atoms with Gasteiger partial charge >= 0.3 is 0 Å². The second-order valence-electron chi connectivity index (χ2n) is 10.8. The number of amides is 1. The molecular formula is C24H32FNO5S. The van der Waals surface area contributed by atoms with Gasteiger partial charge in [0.05, 0.1) is 18.4 Å². The quantitative estimate of drug-likeness (QED) is 0.631. The number of hydrogen-bond acceptors (Lipinski definition) is 5. The van der Waals surface area contributed by atoms with Crippen molar-refractivity contribution in [1.82, 2.24) is 4.72 Å². The Bertz CT molecular complexity index is 988. The van der Waals surface area contributed by atoms with Gasteiger partial charge in [-0.15, -0.1) is 0 Å². The van der Waals surface area contributed by atoms with Gasteiger partial charge in [0.15, 0.2) is 0 Å². The van der Waals surface area contributed by atoms with Crippen molar-refractivity contribution < 1.29 is 27.1 Å². The molecule has 0 aliphatic heterocycles. The van der Waals surface area contributed by atoms with Gasteiger partial charge in [-0.25, -0.2) is 17.5 Å². The highest BCUT2D eigenvalue weighted by molar-refractivity contribution is 7.89. The van der Waals surface area contributed by atoms with Crippen molar-refractivity contribution in [1.29, 1.82) is 0 Å². The van der Waals surface area contributed by atoms with E-state index in [0.717, 1.165) is 36.0 Å². The normalized spacial score (nSPS) is 35.0. The monoisotopic (exact) mass is 465 g/mol. The first-order valence-corrected chi connectivity index (χ1v) is 13.5. The predicted octanol–water partition coefficient (Wildman–Crippen LogP) is 3.86. The van der Waals surface area contributed by atoms with Crippen LogP contribution in [-0.2, 0) is 14.8 Å². The van der Waals surface area contributed by atoms with E-state index < -0.39 is 21.7 Å². The summed E-state index contributed by atoms with van der Waals surface area (Å²) in [6.45, 7) is 1.17. The van der Waals surface area contributed by atoms with Crippen molar-refractivity contribution >= 4 is 15.9 Å².